The van der Waals surface area contributed by atoms with Crippen LogP contribution < -0.4 is 4.90 Å². The molecular weight excluding hydrogens is 218 g/mol. The molecular formula is C12H13N3O2. The summed E-state index contributed by atoms with van der Waals surface area (Å²) in [5.74, 6) is -0.820. The van der Waals surface area contributed by atoms with Crippen molar-refractivity contribution >= 4 is 11.7 Å². The number of pyridine rings is 1. The fourth-order valence-electron chi connectivity index (χ4n) is 2.21. The van der Waals surface area contributed by atoms with Gasteiger partial charge in [-0.1, -0.05) is 0 Å². The van der Waals surface area contributed by atoms with Gasteiger partial charge < -0.3 is 10.0 Å². The molecule has 5 heteroatoms. The fraction of sp³-hybridized carbons (Fsp3) is 0.417. The Balaban J connectivity index is 2.33. The summed E-state index contributed by atoms with van der Waals surface area (Å²) in [6, 6.07) is 5.30. The van der Waals surface area contributed by atoms with Crippen molar-refractivity contribution in [3.8, 4) is 6.07 Å². The van der Waals surface area contributed by atoms with E-state index in [4.69, 9.17) is 5.26 Å². The van der Waals surface area contributed by atoms with Gasteiger partial charge in [-0.15, -0.1) is 0 Å². The molecule has 5 nitrogen and oxygen atoms in total. The first-order chi connectivity index (χ1) is 8.08. The average molecular weight is 231 g/mol. The number of hydrogen-bond donors (Lipinski definition) is 1. The van der Waals surface area contributed by atoms with Crippen LogP contribution in [-0.4, -0.2) is 28.1 Å². The van der Waals surface area contributed by atoms with Crippen LogP contribution in [0.5, 0.6) is 0 Å². The predicted octanol–water partition coefficient (Wildman–Crippen LogP) is 1.40. The van der Waals surface area contributed by atoms with Crippen molar-refractivity contribution in [3.63, 3.8) is 0 Å². The van der Waals surface area contributed by atoms with E-state index >= 15 is 0 Å². The number of hydrogen-bond acceptors (Lipinski definition) is 4. The lowest BCUT2D eigenvalue weighted by Gasteiger charge is -2.32. The topological polar surface area (TPSA) is 77.2 Å². The van der Waals surface area contributed by atoms with Crippen LogP contribution in [0.2, 0.25) is 0 Å². The second-order valence-electron chi connectivity index (χ2n) is 4.35. The van der Waals surface area contributed by atoms with Gasteiger partial charge in [0.2, 0.25) is 0 Å². The maximum atomic E-state index is 11.3. The van der Waals surface area contributed by atoms with Gasteiger partial charge in [-0.2, -0.15) is 5.26 Å². The van der Waals surface area contributed by atoms with E-state index in [2.05, 4.69) is 4.98 Å². The van der Waals surface area contributed by atoms with E-state index in [1.54, 1.807) is 25.3 Å². The molecule has 17 heavy (non-hydrogen) atoms. The number of carboxylic acid groups (broad SMARTS) is 1. The van der Waals surface area contributed by atoms with E-state index in [9.17, 15) is 9.90 Å². The molecule has 0 bridgehead atoms. The van der Waals surface area contributed by atoms with Crippen LogP contribution in [0.1, 0.15) is 25.5 Å². The van der Waals surface area contributed by atoms with Gasteiger partial charge in [0.15, 0.2) is 0 Å². The summed E-state index contributed by atoms with van der Waals surface area (Å²) in [6.45, 7) is 2.43. The van der Waals surface area contributed by atoms with E-state index in [1.807, 2.05) is 11.0 Å². The van der Waals surface area contributed by atoms with Crippen molar-refractivity contribution in [2.24, 2.45) is 0 Å². The quantitative estimate of drug-likeness (QED) is 0.832. The van der Waals surface area contributed by atoms with Gasteiger partial charge in [0.05, 0.1) is 11.9 Å². The van der Waals surface area contributed by atoms with Crippen molar-refractivity contribution in [2.45, 2.75) is 25.3 Å². The highest BCUT2D eigenvalue weighted by Crippen LogP contribution is 2.33. The molecule has 0 aromatic carbocycles. The van der Waals surface area contributed by atoms with Gasteiger partial charge in [-0.3, -0.25) is 0 Å². The first kappa shape index (κ1) is 11.4. The molecule has 1 aliphatic rings. The van der Waals surface area contributed by atoms with Crippen LogP contribution in [0.3, 0.4) is 0 Å². The van der Waals surface area contributed by atoms with Crippen LogP contribution in [0.25, 0.3) is 0 Å². The summed E-state index contributed by atoms with van der Waals surface area (Å²) >= 11 is 0. The Morgan fingerprint density at radius 2 is 2.41 bits per heavy atom. The highest BCUT2D eigenvalue weighted by atomic mass is 16.4. The van der Waals surface area contributed by atoms with E-state index < -0.39 is 11.5 Å². The molecule has 1 unspecified atom stereocenters. The highest BCUT2D eigenvalue weighted by Gasteiger charge is 2.43. The number of nitrogens with zero attached hydrogens (tertiary/aromatic N) is 3. The zero-order chi connectivity index (χ0) is 12.5. The summed E-state index contributed by atoms with van der Waals surface area (Å²) in [6.07, 6.45) is 3.04. The second kappa shape index (κ2) is 4.06. The second-order valence-corrected chi connectivity index (χ2v) is 4.35. The Kier molecular flexibility index (Phi) is 2.72. The van der Waals surface area contributed by atoms with E-state index in [-0.39, 0.29) is 0 Å². The molecule has 0 radical (unpaired) electrons. The molecule has 0 saturated carbocycles. The van der Waals surface area contributed by atoms with Crippen molar-refractivity contribution in [3.05, 3.63) is 24.0 Å². The minimum Gasteiger partial charge on any atom is -0.480 e. The molecule has 2 rings (SSSR count). The van der Waals surface area contributed by atoms with Crippen molar-refractivity contribution in [1.29, 1.82) is 5.26 Å². The number of aromatic nitrogens is 1. The summed E-state index contributed by atoms with van der Waals surface area (Å²) in [5, 5.41) is 18.0. The zero-order valence-electron chi connectivity index (χ0n) is 9.55. The Morgan fingerprint density at radius 3 is 2.94 bits per heavy atom. The molecule has 1 aromatic rings. The lowest BCUT2D eigenvalue weighted by Crippen LogP contribution is -2.48. The molecule has 2 heterocycles. The Labute approximate surface area is 99.3 Å². The first-order valence-corrected chi connectivity index (χ1v) is 5.45. The number of carboxylic acids is 1. The standard InChI is InChI=1S/C12H13N3O2/c1-12(11(16)17)5-2-6-15(12)10-4-3-9(7-13)14-8-10/h3-4,8H,2,5-6H2,1H3,(H,16,17). The molecule has 1 fully saturated rings. The first-order valence-electron chi connectivity index (χ1n) is 5.45. The number of carbonyl (C=O) groups is 1. The number of nitriles is 1. The number of anilines is 1. The van der Waals surface area contributed by atoms with E-state index in [1.165, 1.54) is 0 Å². The zero-order valence-corrected chi connectivity index (χ0v) is 9.55. The Hall–Kier alpha value is -2.09. The normalized spacial score (nSPS) is 23.4. The maximum absolute atomic E-state index is 11.3. The van der Waals surface area contributed by atoms with Crippen LogP contribution >= 0.6 is 0 Å². The monoisotopic (exact) mass is 231 g/mol. The SMILES string of the molecule is CC1(C(=O)O)CCCN1c1ccc(C#N)nc1. The molecule has 1 atom stereocenters. The summed E-state index contributed by atoms with van der Waals surface area (Å²) in [7, 11) is 0. The van der Waals surface area contributed by atoms with Gasteiger partial charge in [0.25, 0.3) is 0 Å². The molecule has 1 aliphatic heterocycles. The van der Waals surface area contributed by atoms with Crippen LogP contribution in [0.15, 0.2) is 18.3 Å². The largest absolute Gasteiger partial charge is 0.480 e. The molecule has 0 aliphatic carbocycles. The molecule has 1 N–H and O–H groups in total. The minimum absolute atomic E-state index is 0.338. The number of aliphatic carboxylic acids is 1. The smallest absolute Gasteiger partial charge is 0.329 e. The highest BCUT2D eigenvalue weighted by molar-refractivity contribution is 5.83. The lowest BCUT2D eigenvalue weighted by molar-refractivity contribution is -0.142. The van der Waals surface area contributed by atoms with Crippen LogP contribution in [-0.2, 0) is 4.79 Å². The third kappa shape index (κ3) is 1.82. The van der Waals surface area contributed by atoms with E-state index in [0.29, 0.717) is 18.7 Å². The third-order valence-corrected chi connectivity index (χ3v) is 3.28. The predicted molar refractivity (Wildman–Crippen MR) is 61.6 cm³/mol. The molecule has 1 saturated heterocycles. The van der Waals surface area contributed by atoms with Gasteiger partial charge in [-0.25, -0.2) is 9.78 Å². The van der Waals surface area contributed by atoms with Gasteiger partial charge in [0, 0.05) is 6.54 Å². The molecule has 88 valence electrons. The van der Waals surface area contributed by atoms with Crippen LogP contribution in [0, 0.1) is 11.3 Å². The Morgan fingerprint density at radius 1 is 1.65 bits per heavy atom. The molecule has 0 spiro atoms. The third-order valence-electron chi connectivity index (χ3n) is 3.28. The summed E-state index contributed by atoms with van der Waals surface area (Å²) in [5.41, 5.74) is 0.229. The van der Waals surface area contributed by atoms with Crippen molar-refractivity contribution in [1.82, 2.24) is 4.98 Å². The van der Waals surface area contributed by atoms with Crippen molar-refractivity contribution < 1.29 is 9.90 Å². The average Bonchev–Trinajstić information content (AvgIpc) is 2.73. The minimum atomic E-state index is -0.865. The maximum Gasteiger partial charge on any atom is 0.329 e. The van der Waals surface area contributed by atoms with Crippen molar-refractivity contribution in [2.75, 3.05) is 11.4 Å². The lowest BCUT2D eigenvalue weighted by atomic mass is 9.99. The van der Waals surface area contributed by atoms with Gasteiger partial charge in [0.1, 0.15) is 17.3 Å². The fourth-order valence-corrected chi connectivity index (χ4v) is 2.21. The Bertz CT molecular complexity index is 478. The van der Waals surface area contributed by atoms with E-state index in [0.717, 1.165) is 12.1 Å². The van der Waals surface area contributed by atoms with Crippen LogP contribution in [0.4, 0.5) is 5.69 Å². The molecule has 1 aromatic heterocycles. The molecule has 0 amide bonds. The number of rotatable bonds is 2. The van der Waals surface area contributed by atoms with Gasteiger partial charge in [-0.05, 0) is 31.9 Å². The summed E-state index contributed by atoms with van der Waals surface area (Å²) < 4.78 is 0. The van der Waals surface area contributed by atoms with Gasteiger partial charge >= 0.3 is 5.97 Å². The summed E-state index contributed by atoms with van der Waals surface area (Å²) in [4.78, 5) is 17.1.